The molecule has 0 aliphatic heterocycles. The first-order valence-corrected chi connectivity index (χ1v) is 6.16. The molecule has 0 aliphatic rings. The van der Waals surface area contributed by atoms with Crippen molar-refractivity contribution in [3.05, 3.63) is 45.7 Å². The van der Waals surface area contributed by atoms with Crippen molar-refractivity contribution < 1.29 is 14.3 Å². The van der Waals surface area contributed by atoms with Crippen LogP contribution in [0, 0.1) is 0 Å². The van der Waals surface area contributed by atoms with Crippen molar-refractivity contribution >= 4 is 28.2 Å². The number of aromatic nitrogens is 3. The van der Waals surface area contributed by atoms with Gasteiger partial charge in [0.15, 0.2) is 6.29 Å². The van der Waals surface area contributed by atoms with Gasteiger partial charge in [-0.25, -0.2) is 9.48 Å². The number of esters is 1. The number of aldehydes is 1. The highest BCUT2D eigenvalue weighted by Gasteiger charge is 2.19. The average molecular weight is 324 g/mol. The highest BCUT2D eigenvalue weighted by Crippen LogP contribution is 2.12. The molecule has 19 heavy (non-hydrogen) atoms. The Labute approximate surface area is 117 Å². The molecule has 0 spiro atoms. The molecule has 0 unspecified atom stereocenters. The second kappa shape index (κ2) is 5.75. The molecule has 7 heteroatoms. The van der Waals surface area contributed by atoms with E-state index in [1.165, 1.54) is 11.8 Å². The molecule has 0 saturated carbocycles. The van der Waals surface area contributed by atoms with E-state index in [0.717, 1.165) is 10.0 Å². The minimum Gasteiger partial charge on any atom is -0.464 e. The van der Waals surface area contributed by atoms with Crippen molar-refractivity contribution in [2.24, 2.45) is 0 Å². The van der Waals surface area contributed by atoms with Gasteiger partial charge in [-0.15, -0.1) is 5.10 Å². The van der Waals surface area contributed by atoms with Crippen molar-refractivity contribution in [1.29, 1.82) is 0 Å². The third kappa shape index (κ3) is 2.87. The summed E-state index contributed by atoms with van der Waals surface area (Å²) < 4.78 is 6.86. The van der Waals surface area contributed by atoms with Gasteiger partial charge >= 0.3 is 5.97 Å². The molecule has 2 rings (SSSR count). The molecule has 1 aromatic carbocycles. The van der Waals surface area contributed by atoms with Crippen molar-refractivity contribution in [1.82, 2.24) is 15.0 Å². The Hall–Kier alpha value is -2.02. The molecule has 1 heterocycles. The quantitative estimate of drug-likeness (QED) is 0.632. The summed E-state index contributed by atoms with van der Waals surface area (Å²) in [4.78, 5) is 22.5. The van der Waals surface area contributed by atoms with E-state index in [-0.39, 0.29) is 11.4 Å². The average Bonchev–Trinajstić information content (AvgIpc) is 2.83. The number of carbonyl (C=O) groups is 2. The van der Waals surface area contributed by atoms with Crippen molar-refractivity contribution in [2.45, 2.75) is 6.54 Å². The Balaban J connectivity index is 2.30. The Bertz CT molecular complexity index is 607. The number of hydrogen-bond acceptors (Lipinski definition) is 5. The summed E-state index contributed by atoms with van der Waals surface area (Å²) in [6, 6.07) is 7.54. The van der Waals surface area contributed by atoms with Crippen LogP contribution >= 0.6 is 15.9 Å². The lowest BCUT2D eigenvalue weighted by Crippen LogP contribution is -2.09. The van der Waals surface area contributed by atoms with Gasteiger partial charge in [0.1, 0.15) is 5.69 Å². The molecule has 0 radical (unpaired) electrons. The van der Waals surface area contributed by atoms with Gasteiger partial charge in [-0.05, 0) is 17.7 Å². The largest absolute Gasteiger partial charge is 0.464 e. The highest BCUT2D eigenvalue weighted by atomic mass is 79.9. The van der Waals surface area contributed by atoms with Gasteiger partial charge in [0.05, 0.1) is 13.7 Å². The predicted molar refractivity (Wildman–Crippen MR) is 70.0 cm³/mol. The first-order chi connectivity index (χ1) is 9.15. The van der Waals surface area contributed by atoms with Crippen LogP contribution in [0.3, 0.4) is 0 Å². The topological polar surface area (TPSA) is 74.1 Å². The molecule has 0 fully saturated rings. The molecule has 0 atom stereocenters. The summed E-state index contributed by atoms with van der Waals surface area (Å²) in [6.07, 6.45) is 0.547. The first-order valence-electron chi connectivity index (χ1n) is 5.37. The maximum Gasteiger partial charge on any atom is 0.361 e. The van der Waals surface area contributed by atoms with Gasteiger partial charge < -0.3 is 4.74 Å². The minimum atomic E-state index is -0.677. The fourth-order valence-corrected chi connectivity index (χ4v) is 1.82. The van der Waals surface area contributed by atoms with Gasteiger partial charge in [-0.2, -0.15) is 0 Å². The zero-order valence-electron chi connectivity index (χ0n) is 10.0. The van der Waals surface area contributed by atoms with E-state index in [0.29, 0.717) is 12.8 Å². The maximum atomic E-state index is 11.4. The van der Waals surface area contributed by atoms with Gasteiger partial charge in [0.2, 0.25) is 5.69 Å². The lowest BCUT2D eigenvalue weighted by Gasteiger charge is -2.03. The fourth-order valence-electron chi connectivity index (χ4n) is 1.56. The molecule has 1 aromatic heterocycles. The molecule has 98 valence electrons. The molecule has 0 amide bonds. The number of nitrogens with zero attached hydrogens (tertiary/aromatic N) is 3. The molecule has 2 aromatic rings. The molecule has 0 bridgehead atoms. The number of hydrogen-bond donors (Lipinski definition) is 0. The van der Waals surface area contributed by atoms with E-state index in [4.69, 9.17) is 0 Å². The summed E-state index contributed by atoms with van der Waals surface area (Å²) in [6.45, 7) is 0.353. The highest BCUT2D eigenvalue weighted by molar-refractivity contribution is 9.10. The zero-order valence-corrected chi connectivity index (χ0v) is 11.6. The number of methoxy groups -OCH3 is 1. The van der Waals surface area contributed by atoms with Crippen LogP contribution in [0.2, 0.25) is 0 Å². The molecular weight excluding hydrogens is 314 g/mol. The monoisotopic (exact) mass is 323 g/mol. The number of ether oxygens (including phenoxy) is 1. The Morgan fingerprint density at radius 1 is 1.42 bits per heavy atom. The summed E-state index contributed by atoms with van der Waals surface area (Å²) in [7, 11) is 1.23. The lowest BCUT2D eigenvalue weighted by molar-refractivity contribution is 0.0591. The molecule has 6 nitrogen and oxygen atoms in total. The minimum absolute atomic E-state index is 0.0744. The Morgan fingerprint density at radius 2 is 2.11 bits per heavy atom. The van der Waals surface area contributed by atoms with Crippen LogP contribution in [0.4, 0.5) is 0 Å². The van der Waals surface area contributed by atoms with Crippen LogP contribution in [-0.2, 0) is 11.3 Å². The van der Waals surface area contributed by atoms with Gasteiger partial charge in [0, 0.05) is 4.47 Å². The van der Waals surface area contributed by atoms with Crippen LogP contribution in [0.5, 0.6) is 0 Å². The SMILES string of the molecule is COC(=O)c1nnn(Cc2ccc(Br)cc2)c1C=O. The van der Waals surface area contributed by atoms with Crippen LogP contribution in [0.1, 0.15) is 26.5 Å². The van der Waals surface area contributed by atoms with E-state index in [1.54, 1.807) is 0 Å². The van der Waals surface area contributed by atoms with Crippen LogP contribution < -0.4 is 0 Å². The summed E-state index contributed by atoms with van der Waals surface area (Å²) in [5.74, 6) is -0.677. The molecule has 0 N–H and O–H groups in total. The van der Waals surface area contributed by atoms with Crippen molar-refractivity contribution in [3.8, 4) is 0 Å². The second-order valence-corrected chi connectivity index (χ2v) is 4.63. The Kier molecular flexibility index (Phi) is 4.06. The van der Waals surface area contributed by atoms with Crippen LogP contribution in [-0.4, -0.2) is 34.4 Å². The fraction of sp³-hybridized carbons (Fsp3) is 0.167. The second-order valence-electron chi connectivity index (χ2n) is 3.72. The van der Waals surface area contributed by atoms with E-state index in [1.807, 2.05) is 24.3 Å². The van der Waals surface area contributed by atoms with E-state index in [2.05, 4.69) is 31.0 Å². The number of rotatable bonds is 4. The standard InChI is InChI=1S/C12H10BrN3O3/c1-19-12(18)11-10(7-17)16(15-14-11)6-8-2-4-9(13)5-3-8/h2-5,7H,6H2,1H3. The van der Waals surface area contributed by atoms with E-state index < -0.39 is 5.97 Å². The third-order valence-electron chi connectivity index (χ3n) is 2.51. The van der Waals surface area contributed by atoms with E-state index in [9.17, 15) is 9.59 Å². The van der Waals surface area contributed by atoms with Gasteiger partial charge in [-0.3, -0.25) is 4.79 Å². The van der Waals surface area contributed by atoms with Crippen molar-refractivity contribution in [2.75, 3.05) is 7.11 Å². The number of carbonyl (C=O) groups excluding carboxylic acids is 2. The number of benzene rings is 1. The third-order valence-corrected chi connectivity index (χ3v) is 3.04. The van der Waals surface area contributed by atoms with Crippen LogP contribution in [0.25, 0.3) is 0 Å². The zero-order chi connectivity index (χ0) is 13.8. The maximum absolute atomic E-state index is 11.4. The smallest absolute Gasteiger partial charge is 0.361 e. The summed E-state index contributed by atoms with van der Waals surface area (Å²) in [5, 5.41) is 7.47. The lowest BCUT2D eigenvalue weighted by atomic mass is 10.2. The summed E-state index contributed by atoms with van der Waals surface area (Å²) in [5.41, 5.74) is 0.969. The summed E-state index contributed by atoms with van der Waals surface area (Å²) >= 11 is 3.34. The van der Waals surface area contributed by atoms with E-state index >= 15 is 0 Å². The molecule has 0 aliphatic carbocycles. The van der Waals surface area contributed by atoms with Gasteiger partial charge in [-0.1, -0.05) is 33.3 Å². The van der Waals surface area contributed by atoms with Gasteiger partial charge in [0.25, 0.3) is 0 Å². The number of halogens is 1. The predicted octanol–water partition coefficient (Wildman–Crippen LogP) is 1.69. The normalized spacial score (nSPS) is 10.2. The Morgan fingerprint density at radius 3 is 2.68 bits per heavy atom. The molecule has 0 saturated heterocycles. The molecular formula is C12H10BrN3O3. The van der Waals surface area contributed by atoms with Crippen molar-refractivity contribution in [3.63, 3.8) is 0 Å². The first kappa shape index (κ1) is 13.4. The van der Waals surface area contributed by atoms with Crippen LogP contribution in [0.15, 0.2) is 28.7 Å².